The molecule has 2 aliphatic rings. The lowest BCUT2D eigenvalue weighted by molar-refractivity contribution is -0.137. The number of carbonyl (C=O) groups is 2. The van der Waals surface area contributed by atoms with Crippen molar-refractivity contribution in [1.82, 2.24) is 9.91 Å². The number of carbonyl (C=O) groups excluding carboxylic acids is 2. The number of piperidine rings is 1. The van der Waals surface area contributed by atoms with Gasteiger partial charge >= 0.3 is 0 Å². The van der Waals surface area contributed by atoms with E-state index < -0.39 is 5.41 Å². The Balaban J connectivity index is 1.13. The number of hydrazone groups is 1. The summed E-state index contributed by atoms with van der Waals surface area (Å²) in [5.41, 5.74) is 4.33. The molecule has 0 bridgehead atoms. The van der Waals surface area contributed by atoms with Gasteiger partial charge in [0.1, 0.15) is 19.0 Å². The summed E-state index contributed by atoms with van der Waals surface area (Å²) in [5, 5.41) is 6.56. The highest BCUT2D eigenvalue weighted by Gasteiger charge is 2.47. The fourth-order valence-electron chi connectivity index (χ4n) is 6.15. The molecular weight excluding hydrogens is 590 g/mol. The van der Waals surface area contributed by atoms with E-state index in [9.17, 15) is 9.59 Å². The number of likely N-dealkylation sites (tertiary alicyclic amines) is 1. The zero-order valence-corrected chi connectivity index (χ0v) is 27.4. The first kappa shape index (κ1) is 31.9. The predicted octanol–water partition coefficient (Wildman–Crippen LogP) is 7.04. The number of aryl methyl sites for hydroxylation is 1. The van der Waals surface area contributed by atoms with Crippen LogP contribution in [0.25, 0.3) is 0 Å². The van der Waals surface area contributed by atoms with Crippen LogP contribution in [-0.2, 0) is 18.0 Å². The smallest absolute Gasteiger partial charge is 0.254 e. The minimum absolute atomic E-state index is 0.0235. The largest absolute Gasteiger partial charge is 0.493 e. The standard InChI is InChI=1S/C39H41N3O5/c1-27-15-17-32(46-25-28-11-7-5-8-12-28)24-33(27)37(43)41-21-19-31(20-22-41)42-38(44)39(2,3)36(40-42)30-16-18-34(45-4)35(23-30)47-26-29-13-9-6-10-14-29/h5-18,23-24,31H,19-22,25-26H2,1-4H3. The highest BCUT2D eigenvalue weighted by Crippen LogP contribution is 2.38. The Labute approximate surface area is 276 Å². The summed E-state index contributed by atoms with van der Waals surface area (Å²) < 4.78 is 17.7. The first-order chi connectivity index (χ1) is 22.7. The number of hydrogen-bond acceptors (Lipinski definition) is 6. The van der Waals surface area contributed by atoms with Gasteiger partial charge in [-0.25, -0.2) is 5.01 Å². The molecule has 0 radical (unpaired) electrons. The zero-order valence-electron chi connectivity index (χ0n) is 27.4. The van der Waals surface area contributed by atoms with Gasteiger partial charge in [-0.1, -0.05) is 66.7 Å². The average Bonchev–Trinajstić information content (AvgIpc) is 3.35. The number of amides is 2. The Kier molecular flexibility index (Phi) is 9.29. The van der Waals surface area contributed by atoms with Gasteiger partial charge in [0, 0.05) is 24.2 Å². The zero-order chi connectivity index (χ0) is 33.0. The molecule has 0 atom stereocenters. The number of hydrogen-bond donors (Lipinski definition) is 0. The van der Waals surface area contributed by atoms with E-state index in [2.05, 4.69) is 0 Å². The normalized spacial score (nSPS) is 16.2. The summed E-state index contributed by atoms with van der Waals surface area (Å²) in [6, 6.07) is 31.2. The van der Waals surface area contributed by atoms with Crippen molar-refractivity contribution in [2.45, 2.75) is 52.9 Å². The summed E-state index contributed by atoms with van der Waals surface area (Å²) in [5.74, 6) is 1.81. The summed E-state index contributed by atoms with van der Waals surface area (Å²) in [4.78, 5) is 29.3. The lowest BCUT2D eigenvalue weighted by Crippen LogP contribution is -2.47. The van der Waals surface area contributed by atoms with Gasteiger partial charge in [0.25, 0.3) is 11.8 Å². The Bertz CT molecular complexity index is 1760. The summed E-state index contributed by atoms with van der Waals surface area (Å²) in [7, 11) is 1.61. The van der Waals surface area contributed by atoms with Crippen LogP contribution in [0.15, 0.2) is 102 Å². The molecule has 1 fully saturated rings. The summed E-state index contributed by atoms with van der Waals surface area (Å²) >= 11 is 0. The molecule has 242 valence electrons. The third-order valence-electron chi connectivity index (χ3n) is 9.00. The Hall–Kier alpha value is -5.11. The number of rotatable bonds is 10. The second-order valence-electron chi connectivity index (χ2n) is 12.6. The Morgan fingerprint density at radius 3 is 2.11 bits per heavy atom. The van der Waals surface area contributed by atoms with E-state index in [0.29, 0.717) is 67.7 Å². The highest BCUT2D eigenvalue weighted by molar-refractivity contribution is 6.19. The van der Waals surface area contributed by atoms with Gasteiger partial charge in [-0.15, -0.1) is 0 Å². The van der Waals surface area contributed by atoms with Gasteiger partial charge in [-0.2, -0.15) is 5.10 Å². The van der Waals surface area contributed by atoms with E-state index in [1.807, 2.05) is 123 Å². The van der Waals surface area contributed by atoms with E-state index in [1.165, 1.54) is 0 Å². The lowest BCUT2D eigenvalue weighted by atomic mass is 9.83. The Morgan fingerprint density at radius 2 is 1.47 bits per heavy atom. The predicted molar refractivity (Wildman–Crippen MR) is 182 cm³/mol. The van der Waals surface area contributed by atoms with Gasteiger partial charge in [0.15, 0.2) is 11.5 Å². The van der Waals surface area contributed by atoms with Gasteiger partial charge < -0.3 is 19.1 Å². The van der Waals surface area contributed by atoms with Crippen LogP contribution in [0, 0.1) is 12.3 Å². The van der Waals surface area contributed by atoms with Crippen LogP contribution in [0.2, 0.25) is 0 Å². The molecule has 1 saturated heterocycles. The molecule has 0 aliphatic carbocycles. The third-order valence-corrected chi connectivity index (χ3v) is 9.00. The highest BCUT2D eigenvalue weighted by atomic mass is 16.5. The topological polar surface area (TPSA) is 80.7 Å². The van der Waals surface area contributed by atoms with Crippen molar-refractivity contribution >= 4 is 17.5 Å². The lowest BCUT2D eigenvalue weighted by Gasteiger charge is -2.35. The van der Waals surface area contributed by atoms with E-state index >= 15 is 0 Å². The molecule has 0 saturated carbocycles. The minimum atomic E-state index is -0.824. The van der Waals surface area contributed by atoms with Gasteiger partial charge in [0.05, 0.1) is 24.3 Å². The summed E-state index contributed by atoms with van der Waals surface area (Å²) in [6.45, 7) is 7.67. The van der Waals surface area contributed by atoms with E-state index in [1.54, 1.807) is 12.1 Å². The molecule has 0 spiro atoms. The molecular formula is C39H41N3O5. The van der Waals surface area contributed by atoms with Gasteiger partial charge in [0.2, 0.25) is 0 Å². The summed E-state index contributed by atoms with van der Waals surface area (Å²) in [6.07, 6.45) is 1.28. The Morgan fingerprint density at radius 1 is 0.830 bits per heavy atom. The third kappa shape index (κ3) is 6.87. The maximum absolute atomic E-state index is 13.8. The molecule has 0 N–H and O–H groups in total. The van der Waals surface area contributed by atoms with Crippen molar-refractivity contribution in [3.63, 3.8) is 0 Å². The maximum atomic E-state index is 13.8. The molecule has 0 unspecified atom stereocenters. The fourth-order valence-corrected chi connectivity index (χ4v) is 6.15. The fraction of sp³-hybridized carbons (Fsp3) is 0.308. The van der Waals surface area contributed by atoms with Crippen LogP contribution in [0.4, 0.5) is 0 Å². The van der Waals surface area contributed by atoms with Crippen LogP contribution >= 0.6 is 0 Å². The molecule has 4 aromatic rings. The van der Waals surface area contributed by atoms with Crippen LogP contribution in [0.1, 0.15) is 59.3 Å². The molecule has 4 aromatic carbocycles. The second-order valence-corrected chi connectivity index (χ2v) is 12.6. The van der Waals surface area contributed by atoms with Crippen molar-refractivity contribution in [2.75, 3.05) is 20.2 Å². The van der Waals surface area contributed by atoms with Crippen LogP contribution < -0.4 is 14.2 Å². The minimum Gasteiger partial charge on any atom is -0.493 e. The molecule has 2 aliphatic heterocycles. The number of methoxy groups -OCH3 is 1. The van der Waals surface area contributed by atoms with Crippen molar-refractivity contribution in [3.8, 4) is 17.2 Å². The van der Waals surface area contributed by atoms with E-state index in [0.717, 1.165) is 22.3 Å². The average molecular weight is 632 g/mol. The van der Waals surface area contributed by atoms with Crippen molar-refractivity contribution < 1.29 is 23.8 Å². The van der Waals surface area contributed by atoms with E-state index in [-0.39, 0.29) is 17.9 Å². The molecule has 47 heavy (non-hydrogen) atoms. The van der Waals surface area contributed by atoms with Gasteiger partial charge in [-0.3, -0.25) is 9.59 Å². The van der Waals surface area contributed by atoms with Gasteiger partial charge in [-0.05, 0) is 80.6 Å². The number of ether oxygens (including phenoxy) is 3. The molecule has 2 heterocycles. The SMILES string of the molecule is COc1ccc(C2=NN(C3CCN(C(=O)c4cc(OCc5ccccc5)ccc4C)CC3)C(=O)C2(C)C)cc1OCc1ccccc1. The number of benzene rings is 4. The molecule has 2 amide bonds. The monoisotopic (exact) mass is 631 g/mol. The second kappa shape index (κ2) is 13.7. The number of nitrogens with zero attached hydrogens (tertiary/aromatic N) is 3. The quantitative estimate of drug-likeness (QED) is 0.188. The van der Waals surface area contributed by atoms with Crippen LogP contribution in [-0.4, -0.2) is 53.7 Å². The molecule has 6 rings (SSSR count). The van der Waals surface area contributed by atoms with Crippen molar-refractivity contribution in [1.29, 1.82) is 0 Å². The van der Waals surface area contributed by atoms with Crippen molar-refractivity contribution in [3.05, 3.63) is 125 Å². The first-order valence-corrected chi connectivity index (χ1v) is 16.1. The van der Waals surface area contributed by atoms with Crippen LogP contribution in [0.5, 0.6) is 17.2 Å². The first-order valence-electron chi connectivity index (χ1n) is 16.1. The molecule has 8 nitrogen and oxygen atoms in total. The maximum Gasteiger partial charge on any atom is 0.254 e. The molecule has 8 heteroatoms. The molecule has 0 aromatic heterocycles. The van der Waals surface area contributed by atoms with Crippen LogP contribution in [0.3, 0.4) is 0 Å². The van der Waals surface area contributed by atoms with Crippen molar-refractivity contribution in [2.24, 2.45) is 10.5 Å². The van der Waals surface area contributed by atoms with E-state index in [4.69, 9.17) is 19.3 Å².